The topological polar surface area (TPSA) is 27.7 Å². The molecule has 0 N–H and O–H groups in total. The van der Waals surface area contributed by atoms with Gasteiger partial charge in [0.2, 0.25) is 0 Å². The molecule has 1 aliphatic carbocycles. The van der Waals surface area contributed by atoms with Crippen LogP contribution in [0.4, 0.5) is 0 Å². The predicted octanol–water partition coefficient (Wildman–Crippen LogP) is 4.16. The van der Waals surface area contributed by atoms with Crippen molar-refractivity contribution < 1.29 is 14.2 Å². The molecule has 21 heavy (non-hydrogen) atoms. The number of hydrogen-bond donors (Lipinski definition) is 0. The summed E-state index contributed by atoms with van der Waals surface area (Å²) in [5.41, 5.74) is 1.12. The first-order valence-corrected chi connectivity index (χ1v) is 7.57. The molecule has 0 aromatic heterocycles. The SMILES string of the molecule is COC1=CC(/C=C/c2ccc(OC)cc2)C(Br)C(OC)=C1. The third-order valence-electron chi connectivity index (χ3n) is 3.35. The summed E-state index contributed by atoms with van der Waals surface area (Å²) in [4.78, 5) is 0.107. The van der Waals surface area contributed by atoms with Crippen molar-refractivity contribution in [2.24, 2.45) is 5.92 Å². The molecule has 0 spiro atoms. The van der Waals surface area contributed by atoms with Crippen LogP contribution < -0.4 is 4.74 Å². The highest BCUT2D eigenvalue weighted by atomic mass is 79.9. The fourth-order valence-electron chi connectivity index (χ4n) is 2.12. The van der Waals surface area contributed by atoms with E-state index >= 15 is 0 Å². The Bertz CT molecular complexity index is 558. The van der Waals surface area contributed by atoms with Gasteiger partial charge in [0.05, 0.1) is 26.2 Å². The number of allylic oxidation sites excluding steroid dienone is 4. The van der Waals surface area contributed by atoms with Crippen LogP contribution in [0.2, 0.25) is 0 Å². The predicted molar refractivity (Wildman–Crippen MR) is 88.4 cm³/mol. The van der Waals surface area contributed by atoms with Crippen molar-refractivity contribution in [2.45, 2.75) is 4.83 Å². The standard InChI is InChI=1S/C17H19BrO3/c1-19-14-8-5-12(6-9-14)4-7-13-10-15(20-2)11-16(21-3)17(13)18/h4-11,13,17H,1-3H3/b7-4+. The van der Waals surface area contributed by atoms with Gasteiger partial charge in [-0.2, -0.15) is 0 Å². The first-order chi connectivity index (χ1) is 10.2. The van der Waals surface area contributed by atoms with E-state index in [9.17, 15) is 0 Å². The summed E-state index contributed by atoms with van der Waals surface area (Å²) >= 11 is 3.67. The fraction of sp³-hybridized carbons (Fsp3) is 0.294. The van der Waals surface area contributed by atoms with Crippen molar-refractivity contribution in [1.29, 1.82) is 0 Å². The van der Waals surface area contributed by atoms with Gasteiger partial charge in [-0.1, -0.05) is 40.2 Å². The zero-order valence-electron chi connectivity index (χ0n) is 12.4. The van der Waals surface area contributed by atoms with Crippen molar-refractivity contribution in [3.8, 4) is 5.75 Å². The van der Waals surface area contributed by atoms with E-state index in [1.54, 1.807) is 21.3 Å². The van der Waals surface area contributed by atoms with Crippen LogP contribution in [0.15, 0.2) is 54.0 Å². The number of benzene rings is 1. The Hall–Kier alpha value is -1.68. The maximum Gasteiger partial charge on any atom is 0.118 e. The zero-order chi connectivity index (χ0) is 15.2. The second kappa shape index (κ2) is 7.36. The van der Waals surface area contributed by atoms with Crippen molar-refractivity contribution in [3.05, 3.63) is 59.6 Å². The molecule has 3 nitrogen and oxygen atoms in total. The van der Waals surface area contributed by atoms with E-state index in [4.69, 9.17) is 14.2 Å². The van der Waals surface area contributed by atoms with Gasteiger partial charge in [-0.25, -0.2) is 0 Å². The minimum Gasteiger partial charge on any atom is -0.500 e. The van der Waals surface area contributed by atoms with Gasteiger partial charge in [-0.3, -0.25) is 0 Å². The highest BCUT2D eigenvalue weighted by Gasteiger charge is 2.24. The molecule has 4 heteroatoms. The Morgan fingerprint density at radius 2 is 1.71 bits per heavy atom. The lowest BCUT2D eigenvalue weighted by atomic mass is 9.97. The quantitative estimate of drug-likeness (QED) is 0.746. The number of halogens is 1. The molecule has 1 aromatic carbocycles. The van der Waals surface area contributed by atoms with E-state index in [1.165, 1.54) is 0 Å². The average Bonchev–Trinajstić information content (AvgIpc) is 2.54. The van der Waals surface area contributed by atoms with Gasteiger partial charge >= 0.3 is 0 Å². The highest BCUT2D eigenvalue weighted by Crippen LogP contribution is 2.31. The Morgan fingerprint density at radius 3 is 2.29 bits per heavy atom. The molecule has 0 fully saturated rings. The molecule has 0 radical (unpaired) electrons. The summed E-state index contributed by atoms with van der Waals surface area (Å²) in [6.45, 7) is 0. The van der Waals surface area contributed by atoms with Gasteiger partial charge in [0.25, 0.3) is 0 Å². The molecule has 0 heterocycles. The number of rotatable bonds is 5. The molecule has 2 atom stereocenters. The smallest absolute Gasteiger partial charge is 0.118 e. The van der Waals surface area contributed by atoms with Crippen LogP contribution in [0.5, 0.6) is 5.75 Å². The van der Waals surface area contributed by atoms with Crippen LogP contribution in [0, 0.1) is 5.92 Å². The third kappa shape index (κ3) is 3.91. The summed E-state index contributed by atoms with van der Waals surface area (Å²) < 4.78 is 15.9. The van der Waals surface area contributed by atoms with Crippen LogP contribution in [-0.4, -0.2) is 26.2 Å². The lowest BCUT2D eigenvalue weighted by Crippen LogP contribution is -2.18. The summed E-state index contributed by atoms with van der Waals surface area (Å²) in [5.74, 6) is 2.70. The van der Waals surface area contributed by atoms with Crippen LogP contribution in [-0.2, 0) is 9.47 Å². The van der Waals surface area contributed by atoms with E-state index in [1.807, 2.05) is 30.3 Å². The molecule has 2 rings (SSSR count). The summed E-state index contributed by atoms with van der Waals surface area (Å²) in [6.07, 6.45) is 8.19. The Morgan fingerprint density at radius 1 is 1.00 bits per heavy atom. The average molecular weight is 351 g/mol. The first kappa shape index (κ1) is 15.7. The largest absolute Gasteiger partial charge is 0.500 e. The van der Waals surface area contributed by atoms with E-state index in [0.717, 1.165) is 22.8 Å². The fourth-order valence-corrected chi connectivity index (χ4v) is 2.77. The second-order valence-corrected chi connectivity index (χ2v) is 5.62. The number of ether oxygens (including phenoxy) is 3. The van der Waals surface area contributed by atoms with Crippen molar-refractivity contribution >= 4 is 22.0 Å². The van der Waals surface area contributed by atoms with Crippen molar-refractivity contribution in [2.75, 3.05) is 21.3 Å². The van der Waals surface area contributed by atoms with E-state index < -0.39 is 0 Å². The Balaban J connectivity index is 2.15. The third-order valence-corrected chi connectivity index (χ3v) is 4.41. The molecule has 1 aromatic rings. The molecule has 2 unspecified atom stereocenters. The molecule has 0 saturated carbocycles. The molecule has 0 bridgehead atoms. The summed E-state index contributed by atoms with van der Waals surface area (Å²) in [7, 11) is 5.00. The monoisotopic (exact) mass is 350 g/mol. The Labute approximate surface area is 134 Å². The van der Waals surface area contributed by atoms with Crippen LogP contribution in [0.3, 0.4) is 0 Å². The van der Waals surface area contributed by atoms with E-state index in [2.05, 4.69) is 34.2 Å². The Kier molecular flexibility index (Phi) is 5.51. The normalized spacial score (nSPS) is 21.7. The molecule has 0 aliphatic heterocycles. The second-order valence-electron chi connectivity index (χ2n) is 4.64. The van der Waals surface area contributed by atoms with Gasteiger partial charge in [0, 0.05) is 12.0 Å². The molecule has 1 aliphatic rings. The minimum absolute atomic E-state index is 0.107. The maximum absolute atomic E-state index is 5.39. The van der Waals surface area contributed by atoms with Crippen molar-refractivity contribution in [1.82, 2.24) is 0 Å². The van der Waals surface area contributed by atoms with Crippen LogP contribution in [0.25, 0.3) is 6.08 Å². The highest BCUT2D eigenvalue weighted by molar-refractivity contribution is 9.09. The van der Waals surface area contributed by atoms with Gasteiger partial charge < -0.3 is 14.2 Å². The van der Waals surface area contributed by atoms with E-state index in [0.29, 0.717) is 0 Å². The minimum atomic E-state index is 0.107. The maximum atomic E-state index is 5.39. The first-order valence-electron chi connectivity index (χ1n) is 6.65. The lowest BCUT2D eigenvalue weighted by Gasteiger charge is -2.23. The number of methoxy groups -OCH3 is 3. The van der Waals surface area contributed by atoms with Gasteiger partial charge in [-0.05, 0) is 23.8 Å². The molecule has 112 valence electrons. The van der Waals surface area contributed by atoms with Gasteiger partial charge in [0.15, 0.2) is 0 Å². The van der Waals surface area contributed by atoms with Crippen LogP contribution in [0.1, 0.15) is 5.56 Å². The van der Waals surface area contributed by atoms with Crippen LogP contribution >= 0.6 is 15.9 Å². The zero-order valence-corrected chi connectivity index (χ0v) is 14.0. The molecule has 0 amide bonds. The van der Waals surface area contributed by atoms with Crippen molar-refractivity contribution in [3.63, 3.8) is 0 Å². The summed E-state index contributed by atoms with van der Waals surface area (Å²) in [6, 6.07) is 7.94. The van der Waals surface area contributed by atoms with E-state index in [-0.39, 0.29) is 10.7 Å². The number of alkyl halides is 1. The molecular formula is C17H19BrO3. The van der Waals surface area contributed by atoms with Gasteiger partial charge in [0.1, 0.15) is 17.3 Å². The molecular weight excluding hydrogens is 332 g/mol. The molecule has 0 saturated heterocycles. The lowest BCUT2D eigenvalue weighted by molar-refractivity contribution is 0.255. The summed E-state index contributed by atoms with van der Waals surface area (Å²) in [5, 5.41) is 0. The number of hydrogen-bond acceptors (Lipinski definition) is 3. The van der Waals surface area contributed by atoms with Gasteiger partial charge in [-0.15, -0.1) is 0 Å².